The molecule has 0 aromatic heterocycles. The Balaban J connectivity index is 1.41. The van der Waals surface area contributed by atoms with Crippen molar-refractivity contribution >= 4 is 0 Å². The van der Waals surface area contributed by atoms with Gasteiger partial charge in [0, 0.05) is 6.54 Å². The number of piperidine rings is 1. The summed E-state index contributed by atoms with van der Waals surface area (Å²) in [6, 6.07) is 11.0. The molecule has 0 amide bonds. The molecule has 2 heteroatoms. The summed E-state index contributed by atoms with van der Waals surface area (Å²) in [5.74, 6) is 1.81. The third-order valence-electron chi connectivity index (χ3n) is 4.75. The Bertz CT molecular complexity index is 362. The molecule has 2 nitrogen and oxygen atoms in total. The van der Waals surface area contributed by atoms with Crippen molar-refractivity contribution in [3.8, 4) is 0 Å². The molecule has 104 valence electrons. The molecule has 1 aromatic rings. The van der Waals surface area contributed by atoms with Gasteiger partial charge in [0.2, 0.25) is 0 Å². The second kappa shape index (κ2) is 6.53. The molecule has 0 bridgehead atoms. The Hall–Kier alpha value is -0.860. The van der Waals surface area contributed by atoms with Gasteiger partial charge in [-0.3, -0.25) is 0 Å². The fourth-order valence-corrected chi connectivity index (χ4v) is 3.56. The molecule has 1 N–H and O–H groups in total. The molecule has 2 heterocycles. The molecule has 19 heavy (non-hydrogen) atoms. The summed E-state index contributed by atoms with van der Waals surface area (Å²) in [7, 11) is 0. The van der Waals surface area contributed by atoms with E-state index in [-0.39, 0.29) is 0 Å². The highest BCUT2D eigenvalue weighted by Crippen LogP contribution is 2.23. The van der Waals surface area contributed by atoms with Gasteiger partial charge in [0.05, 0.1) is 0 Å². The van der Waals surface area contributed by atoms with Crippen LogP contribution in [-0.4, -0.2) is 37.6 Å². The van der Waals surface area contributed by atoms with E-state index in [0.717, 1.165) is 11.8 Å². The van der Waals surface area contributed by atoms with Crippen molar-refractivity contribution in [3.05, 3.63) is 35.9 Å². The van der Waals surface area contributed by atoms with Crippen LogP contribution in [0.1, 0.15) is 24.8 Å². The number of nitrogens with zero attached hydrogens (tertiary/aromatic N) is 1. The van der Waals surface area contributed by atoms with Crippen LogP contribution >= 0.6 is 0 Å². The first kappa shape index (κ1) is 13.1. The van der Waals surface area contributed by atoms with Crippen LogP contribution in [0.15, 0.2) is 30.3 Å². The summed E-state index contributed by atoms with van der Waals surface area (Å²) < 4.78 is 0. The standard InChI is InChI=1S/C17H26N2/c1-2-4-15(5-3-1)12-16-7-10-19(11-8-16)14-17-6-9-18-13-17/h1-5,16-18H,6-14H2. The number of rotatable bonds is 4. The summed E-state index contributed by atoms with van der Waals surface area (Å²) in [6.45, 7) is 6.42. The van der Waals surface area contributed by atoms with Crippen LogP contribution in [0.5, 0.6) is 0 Å². The number of nitrogens with one attached hydrogen (secondary N) is 1. The molecule has 0 spiro atoms. The van der Waals surface area contributed by atoms with Crippen LogP contribution < -0.4 is 5.32 Å². The van der Waals surface area contributed by atoms with Crippen LogP contribution in [0.3, 0.4) is 0 Å². The maximum absolute atomic E-state index is 3.48. The van der Waals surface area contributed by atoms with Crippen molar-refractivity contribution in [3.63, 3.8) is 0 Å². The van der Waals surface area contributed by atoms with Crippen molar-refractivity contribution in [1.82, 2.24) is 10.2 Å². The molecule has 0 aliphatic carbocycles. The van der Waals surface area contributed by atoms with E-state index in [1.54, 1.807) is 0 Å². The minimum atomic E-state index is 0.903. The fraction of sp³-hybridized carbons (Fsp3) is 0.647. The average molecular weight is 258 g/mol. The van der Waals surface area contributed by atoms with Gasteiger partial charge in [-0.15, -0.1) is 0 Å². The zero-order valence-corrected chi connectivity index (χ0v) is 11.9. The summed E-state index contributed by atoms with van der Waals surface area (Å²) in [5, 5.41) is 3.48. The van der Waals surface area contributed by atoms with E-state index in [1.807, 2.05) is 0 Å². The first-order chi connectivity index (χ1) is 9.40. The molecule has 1 aromatic carbocycles. The Kier molecular flexibility index (Phi) is 4.52. The molecule has 2 saturated heterocycles. The molecule has 3 rings (SSSR count). The Morgan fingerprint density at radius 3 is 2.47 bits per heavy atom. The highest BCUT2D eigenvalue weighted by Gasteiger charge is 2.23. The maximum Gasteiger partial charge on any atom is 0.00223 e. The quantitative estimate of drug-likeness (QED) is 0.893. The summed E-state index contributed by atoms with van der Waals surface area (Å²) in [5.41, 5.74) is 1.51. The third-order valence-corrected chi connectivity index (χ3v) is 4.75. The minimum Gasteiger partial charge on any atom is -0.316 e. The second-order valence-electron chi connectivity index (χ2n) is 6.29. The zero-order valence-electron chi connectivity index (χ0n) is 11.9. The fourth-order valence-electron chi connectivity index (χ4n) is 3.56. The summed E-state index contributed by atoms with van der Waals surface area (Å²) >= 11 is 0. The lowest BCUT2D eigenvalue weighted by atomic mass is 9.90. The Morgan fingerprint density at radius 2 is 1.79 bits per heavy atom. The van der Waals surface area contributed by atoms with Gasteiger partial charge in [0.25, 0.3) is 0 Å². The van der Waals surface area contributed by atoms with Crippen LogP contribution in [0.25, 0.3) is 0 Å². The Labute approximate surface area is 117 Å². The third kappa shape index (κ3) is 3.80. The molecular weight excluding hydrogens is 232 g/mol. The van der Waals surface area contributed by atoms with Crippen LogP contribution in [0, 0.1) is 11.8 Å². The van der Waals surface area contributed by atoms with Crippen LogP contribution in [0.4, 0.5) is 0 Å². The molecule has 2 fully saturated rings. The van der Waals surface area contributed by atoms with Gasteiger partial charge in [-0.25, -0.2) is 0 Å². The first-order valence-electron chi connectivity index (χ1n) is 7.87. The lowest BCUT2D eigenvalue weighted by molar-refractivity contribution is 0.164. The van der Waals surface area contributed by atoms with Gasteiger partial charge >= 0.3 is 0 Å². The number of hydrogen-bond donors (Lipinski definition) is 1. The van der Waals surface area contributed by atoms with Crippen molar-refractivity contribution in [1.29, 1.82) is 0 Å². The van der Waals surface area contributed by atoms with E-state index < -0.39 is 0 Å². The van der Waals surface area contributed by atoms with E-state index in [1.165, 1.54) is 64.0 Å². The van der Waals surface area contributed by atoms with Crippen LogP contribution in [0.2, 0.25) is 0 Å². The van der Waals surface area contributed by atoms with Crippen molar-refractivity contribution in [2.45, 2.75) is 25.7 Å². The lowest BCUT2D eigenvalue weighted by Crippen LogP contribution is -2.38. The van der Waals surface area contributed by atoms with Crippen LogP contribution in [-0.2, 0) is 6.42 Å². The topological polar surface area (TPSA) is 15.3 Å². The zero-order chi connectivity index (χ0) is 12.9. The highest BCUT2D eigenvalue weighted by molar-refractivity contribution is 5.15. The van der Waals surface area contributed by atoms with Gasteiger partial charge in [-0.2, -0.15) is 0 Å². The van der Waals surface area contributed by atoms with E-state index in [9.17, 15) is 0 Å². The van der Waals surface area contributed by atoms with Gasteiger partial charge in [0.1, 0.15) is 0 Å². The highest BCUT2D eigenvalue weighted by atomic mass is 15.1. The summed E-state index contributed by atoms with van der Waals surface area (Å²) in [4.78, 5) is 2.69. The van der Waals surface area contributed by atoms with Crippen molar-refractivity contribution in [2.24, 2.45) is 11.8 Å². The number of likely N-dealkylation sites (tertiary alicyclic amines) is 1. The lowest BCUT2D eigenvalue weighted by Gasteiger charge is -2.33. The smallest absolute Gasteiger partial charge is 0.00223 e. The van der Waals surface area contributed by atoms with E-state index in [2.05, 4.69) is 40.5 Å². The Morgan fingerprint density at radius 1 is 1.00 bits per heavy atom. The minimum absolute atomic E-state index is 0.903. The molecule has 0 saturated carbocycles. The first-order valence-corrected chi connectivity index (χ1v) is 7.87. The van der Waals surface area contributed by atoms with Gasteiger partial charge in [0.15, 0.2) is 0 Å². The molecule has 1 atom stereocenters. The summed E-state index contributed by atoms with van der Waals surface area (Å²) in [6.07, 6.45) is 5.42. The molecule has 0 radical (unpaired) electrons. The predicted octanol–water partition coefficient (Wildman–Crippen LogP) is 2.55. The second-order valence-corrected chi connectivity index (χ2v) is 6.29. The molecule has 2 aliphatic heterocycles. The maximum atomic E-state index is 3.48. The molecular formula is C17H26N2. The molecule has 1 unspecified atom stereocenters. The van der Waals surface area contributed by atoms with Gasteiger partial charge in [-0.1, -0.05) is 30.3 Å². The number of hydrogen-bond acceptors (Lipinski definition) is 2. The largest absolute Gasteiger partial charge is 0.316 e. The van der Waals surface area contributed by atoms with E-state index in [4.69, 9.17) is 0 Å². The van der Waals surface area contributed by atoms with Crippen molar-refractivity contribution in [2.75, 3.05) is 32.7 Å². The van der Waals surface area contributed by atoms with Crippen molar-refractivity contribution < 1.29 is 0 Å². The van der Waals surface area contributed by atoms with E-state index >= 15 is 0 Å². The normalized spacial score (nSPS) is 25.8. The number of benzene rings is 1. The predicted molar refractivity (Wildman–Crippen MR) is 80.3 cm³/mol. The monoisotopic (exact) mass is 258 g/mol. The van der Waals surface area contributed by atoms with Gasteiger partial charge < -0.3 is 10.2 Å². The SMILES string of the molecule is c1ccc(CC2CCN(CC3CCNC3)CC2)cc1. The molecule has 2 aliphatic rings. The van der Waals surface area contributed by atoms with Gasteiger partial charge in [-0.05, 0) is 69.3 Å². The van der Waals surface area contributed by atoms with E-state index in [0.29, 0.717) is 0 Å². The average Bonchev–Trinajstić information content (AvgIpc) is 2.95.